The second kappa shape index (κ2) is 8.54. The van der Waals surface area contributed by atoms with E-state index in [1.165, 1.54) is 17.4 Å². The zero-order valence-electron chi connectivity index (χ0n) is 12.6. The molecule has 0 unspecified atom stereocenters. The van der Waals surface area contributed by atoms with Crippen molar-refractivity contribution in [2.45, 2.75) is 10.5 Å². The van der Waals surface area contributed by atoms with Crippen LogP contribution < -0.4 is 10.6 Å². The Labute approximate surface area is 154 Å². The number of halogens is 4. The van der Waals surface area contributed by atoms with Crippen molar-refractivity contribution >= 4 is 51.4 Å². The number of carbonyl (C=O) groups excluding carboxylic acids is 1. The third kappa shape index (κ3) is 5.91. The van der Waals surface area contributed by atoms with Crippen LogP contribution in [0.1, 0.15) is 5.56 Å². The summed E-state index contributed by atoms with van der Waals surface area (Å²) in [5.74, 6) is -0.476. The quantitative estimate of drug-likeness (QED) is 0.520. The van der Waals surface area contributed by atoms with Gasteiger partial charge in [0.25, 0.3) is 0 Å². The highest BCUT2D eigenvalue weighted by Gasteiger charge is 2.33. The minimum atomic E-state index is -4.59. The topological polar surface area (TPSA) is 66.9 Å². The molecule has 11 heteroatoms. The van der Waals surface area contributed by atoms with Crippen molar-refractivity contribution in [2.75, 3.05) is 22.9 Å². The molecular formula is C14H12ClF3N4OS2. The summed E-state index contributed by atoms with van der Waals surface area (Å²) in [4.78, 5) is 11.9. The third-order valence-electron chi connectivity index (χ3n) is 2.69. The molecule has 1 aromatic carbocycles. The Hall–Kier alpha value is -1.78. The van der Waals surface area contributed by atoms with Crippen LogP contribution in [0.3, 0.4) is 0 Å². The first-order chi connectivity index (χ1) is 11.8. The van der Waals surface area contributed by atoms with Crippen LogP contribution in [0.4, 0.5) is 24.0 Å². The Kier molecular flexibility index (Phi) is 6.68. The fourth-order valence-corrected chi connectivity index (χ4v) is 3.43. The standard InChI is InChI=1S/C14H12ClF3N4OS2/c1-2-5-19-12-21-22-13(25-12)24-7-11(23)20-8-3-4-10(15)9(6-8)14(16,17)18/h2-4,6H,1,5,7H2,(H,19,21)(H,20,23). The van der Waals surface area contributed by atoms with Crippen molar-refractivity contribution in [1.29, 1.82) is 0 Å². The Bertz CT molecular complexity index is 767. The van der Waals surface area contributed by atoms with E-state index in [2.05, 4.69) is 27.4 Å². The van der Waals surface area contributed by atoms with Gasteiger partial charge >= 0.3 is 6.18 Å². The maximum atomic E-state index is 12.8. The molecule has 25 heavy (non-hydrogen) atoms. The zero-order chi connectivity index (χ0) is 18.4. The molecule has 0 aliphatic heterocycles. The average molecular weight is 409 g/mol. The molecule has 0 fully saturated rings. The van der Waals surface area contributed by atoms with Gasteiger partial charge in [0.15, 0.2) is 4.34 Å². The first kappa shape index (κ1) is 19.5. The Balaban J connectivity index is 1.92. The van der Waals surface area contributed by atoms with E-state index in [9.17, 15) is 18.0 Å². The molecule has 0 aliphatic rings. The summed E-state index contributed by atoms with van der Waals surface area (Å²) in [6, 6.07) is 3.20. The summed E-state index contributed by atoms with van der Waals surface area (Å²) in [5.41, 5.74) is -0.977. The second-order valence-electron chi connectivity index (χ2n) is 4.57. The number of hydrogen-bond donors (Lipinski definition) is 2. The van der Waals surface area contributed by atoms with E-state index in [4.69, 9.17) is 11.6 Å². The summed E-state index contributed by atoms with van der Waals surface area (Å²) in [6.07, 6.45) is -2.92. The summed E-state index contributed by atoms with van der Waals surface area (Å²) in [6.45, 7) is 4.11. The summed E-state index contributed by atoms with van der Waals surface area (Å²) in [5, 5.41) is 13.3. The minimum absolute atomic E-state index is 0.0138. The number of hydrogen-bond acceptors (Lipinski definition) is 6. The molecule has 134 valence electrons. The van der Waals surface area contributed by atoms with Crippen molar-refractivity contribution in [3.8, 4) is 0 Å². The zero-order valence-corrected chi connectivity index (χ0v) is 15.0. The van der Waals surface area contributed by atoms with Crippen LogP contribution in [0.5, 0.6) is 0 Å². The molecule has 1 amide bonds. The lowest BCUT2D eigenvalue weighted by Gasteiger charge is -2.11. The van der Waals surface area contributed by atoms with Gasteiger partial charge in [-0.3, -0.25) is 4.79 Å². The molecule has 0 atom stereocenters. The van der Waals surface area contributed by atoms with Gasteiger partial charge in [-0.15, -0.1) is 16.8 Å². The van der Waals surface area contributed by atoms with Gasteiger partial charge in [0, 0.05) is 12.2 Å². The van der Waals surface area contributed by atoms with E-state index in [0.717, 1.165) is 23.9 Å². The van der Waals surface area contributed by atoms with Gasteiger partial charge in [-0.2, -0.15) is 13.2 Å². The van der Waals surface area contributed by atoms with E-state index in [-0.39, 0.29) is 11.4 Å². The molecule has 0 bridgehead atoms. The monoisotopic (exact) mass is 408 g/mol. The highest BCUT2D eigenvalue weighted by Crippen LogP contribution is 2.36. The molecule has 2 aromatic rings. The molecule has 0 saturated carbocycles. The smallest absolute Gasteiger partial charge is 0.357 e. The number of rotatable bonds is 7. The summed E-state index contributed by atoms with van der Waals surface area (Å²) < 4.78 is 39.0. The SMILES string of the molecule is C=CCNc1nnc(SCC(=O)Nc2ccc(Cl)c(C(F)(F)F)c2)s1. The fraction of sp³-hybridized carbons (Fsp3) is 0.214. The maximum Gasteiger partial charge on any atom is 0.417 e. The van der Waals surface area contributed by atoms with Crippen LogP contribution in [0.25, 0.3) is 0 Å². The van der Waals surface area contributed by atoms with Crippen molar-refractivity contribution in [3.05, 3.63) is 41.4 Å². The third-order valence-corrected chi connectivity index (χ3v) is 5.03. The normalized spacial score (nSPS) is 11.2. The van der Waals surface area contributed by atoms with Gasteiger partial charge in [-0.1, -0.05) is 40.8 Å². The van der Waals surface area contributed by atoms with Crippen LogP contribution in [0.2, 0.25) is 5.02 Å². The van der Waals surface area contributed by atoms with E-state index < -0.39 is 22.7 Å². The van der Waals surface area contributed by atoms with Crippen LogP contribution in [0, 0.1) is 0 Å². The van der Waals surface area contributed by atoms with Gasteiger partial charge < -0.3 is 10.6 Å². The molecule has 0 saturated heterocycles. The first-order valence-electron chi connectivity index (χ1n) is 6.77. The maximum absolute atomic E-state index is 12.8. The molecule has 5 nitrogen and oxygen atoms in total. The number of benzene rings is 1. The molecule has 0 radical (unpaired) electrons. The van der Waals surface area contributed by atoms with Crippen molar-refractivity contribution in [3.63, 3.8) is 0 Å². The van der Waals surface area contributed by atoms with E-state index in [1.54, 1.807) is 6.08 Å². The first-order valence-corrected chi connectivity index (χ1v) is 8.95. The molecule has 2 N–H and O–H groups in total. The predicted octanol–water partition coefficient (Wildman–Crippen LogP) is 4.54. The predicted molar refractivity (Wildman–Crippen MR) is 94.4 cm³/mol. The van der Waals surface area contributed by atoms with Crippen LogP contribution in [-0.4, -0.2) is 28.4 Å². The number of alkyl halides is 3. The fourth-order valence-electron chi connectivity index (χ4n) is 1.64. The van der Waals surface area contributed by atoms with E-state index in [1.807, 2.05) is 0 Å². The highest BCUT2D eigenvalue weighted by molar-refractivity contribution is 8.01. The van der Waals surface area contributed by atoms with Gasteiger partial charge in [0.1, 0.15) is 0 Å². The Morgan fingerprint density at radius 3 is 2.84 bits per heavy atom. The molecular weight excluding hydrogens is 397 g/mol. The summed E-state index contributed by atoms with van der Waals surface area (Å²) >= 11 is 7.93. The van der Waals surface area contributed by atoms with Crippen molar-refractivity contribution in [1.82, 2.24) is 10.2 Å². The molecule has 2 rings (SSSR count). The number of aromatic nitrogens is 2. The van der Waals surface area contributed by atoms with Crippen molar-refractivity contribution < 1.29 is 18.0 Å². The van der Waals surface area contributed by atoms with Crippen LogP contribution >= 0.6 is 34.7 Å². The highest BCUT2D eigenvalue weighted by atomic mass is 35.5. The largest absolute Gasteiger partial charge is 0.417 e. The van der Waals surface area contributed by atoms with Crippen LogP contribution in [-0.2, 0) is 11.0 Å². The second-order valence-corrected chi connectivity index (χ2v) is 7.18. The molecule has 0 spiro atoms. The number of thioether (sulfide) groups is 1. The van der Waals surface area contributed by atoms with Crippen molar-refractivity contribution in [2.24, 2.45) is 0 Å². The Morgan fingerprint density at radius 2 is 2.16 bits per heavy atom. The number of anilines is 2. The van der Waals surface area contributed by atoms with E-state index >= 15 is 0 Å². The minimum Gasteiger partial charge on any atom is -0.357 e. The lowest BCUT2D eigenvalue weighted by Crippen LogP contribution is -2.15. The average Bonchev–Trinajstić information content (AvgIpc) is 2.99. The number of nitrogens with zero attached hydrogens (tertiary/aromatic N) is 2. The number of carbonyl (C=O) groups is 1. The Morgan fingerprint density at radius 1 is 1.40 bits per heavy atom. The molecule has 0 aliphatic carbocycles. The number of amides is 1. The lowest BCUT2D eigenvalue weighted by atomic mass is 10.2. The van der Waals surface area contributed by atoms with Gasteiger partial charge in [0.2, 0.25) is 11.0 Å². The lowest BCUT2D eigenvalue weighted by molar-refractivity contribution is -0.137. The molecule has 1 aromatic heterocycles. The van der Waals surface area contributed by atoms with Gasteiger partial charge in [0.05, 0.1) is 16.3 Å². The molecule has 1 heterocycles. The van der Waals surface area contributed by atoms with Gasteiger partial charge in [-0.25, -0.2) is 0 Å². The number of nitrogens with one attached hydrogen (secondary N) is 2. The van der Waals surface area contributed by atoms with E-state index in [0.29, 0.717) is 16.0 Å². The summed E-state index contributed by atoms with van der Waals surface area (Å²) in [7, 11) is 0. The van der Waals surface area contributed by atoms with Crippen LogP contribution in [0.15, 0.2) is 35.2 Å². The van der Waals surface area contributed by atoms with Gasteiger partial charge in [-0.05, 0) is 18.2 Å².